The molecule has 1 aliphatic rings. The number of halogens is 4. The van der Waals surface area contributed by atoms with Crippen molar-refractivity contribution in [1.29, 1.82) is 0 Å². The lowest BCUT2D eigenvalue weighted by molar-refractivity contribution is -0.141. The minimum absolute atomic E-state index is 0.0550. The Morgan fingerprint density at radius 3 is 2.45 bits per heavy atom. The Hall–Kier alpha value is -2.28. The van der Waals surface area contributed by atoms with Gasteiger partial charge < -0.3 is 10.1 Å². The molecule has 1 saturated carbocycles. The molecule has 0 spiro atoms. The number of ether oxygens (including phenoxy) is 1. The van der Waals surface area contributed by atoms with Crippen LogP contribution in [-0.2, 0) is 11.0 Å². The van der Waals surface area contributed by atoms with Crippen molar-refractivity contribution in [3.8, 4) is 5.75 Å². The first kappa shape index (κ1) is 21.4. The van der Waals surface area contributed by atoms with Gasteiger partial charge in [0.25, 0.3) is 0 Å². The molecular formula is C21H22ClF3N2O2. The van der Waals surface area contributed by atoms with Crippen LogP contribution < -0.4 is 10.1 Å². The maximum Gasteiger partial charge on any atom is 0.433 e. The Balaban J connectivity index is 1.51. The van der Waals surface area contributed by atoms with Crippen molar-refractivity contribution in [1.82, 2.24) is 4.98 Å². The SMILES string of the molecule is C[C@@H](C(=O)Nc1ccc(Cl)cc1)[C@H]1CC[C@H](Oc2ccnc(C(F)(F)F)c2)CC1. The zero-order valence-electron chi connectivity index (χ0n) is 15.9. The van der Waals surface area contributed by atoms with E-state index in [2.05, 4.69) is 10.3 Å². The summed E-state index contributed by atoms with van der Waals surface area (Å²) in [5.41, 5.74) is -0.266. The van der Waals surface area contributed by atoms with Crippen molar-refractivity contribution in [2.24, 2.45) is 11.8 Å². The fraction of sp³-hybridized carbons (Fsp3) is 0.429. The predicted octanol–water partition coefficient (Wildman–Crippen LogP) is 5.97. The molecule has 1 aliphatic carbocycles. The summed E-state index contributed by atoms with van der Waals surface area (Å²) in [5, 5.41) is 3.50. The quantitative estimate of drug-likeness (QED) is 0.641. The van der Waals surface area contributed by atoms with Gasteiger partial charge in [0.15, 0.2) is 0 Å². The average molecular weight is 427 g/mol. The summed E-state index contributed by atoms with van der Waals surface area (Å²) < 4.78 is 44.1. The smallest absolute Gasteiger partial charge is 0.433 e. The van der Waals surface area contributed by atoms with E-state index in [-0.39, 0.29) is 29.6 Å². The van der Waals surface area contributed by atoms with E-state index in [4.69, 9.17) is 16.3 Å². The van der Waals surface area contributed by atoms with Crippen LogP contribution in [0.4, 0.5) is 18.9 Å². The number of anilines is 1. The first-order valence-corrected chi connectivity index (χ1v) is 9.86. The molecule has 0 saturated heterocycles. The number of aromatic nitrogens is 1. The average Bonchev–Trinajstić information content (AvgIpc) is 2.69. The van der Waals surface area contributed by atoms with E-state index in [0.717, 1.165) is 25.1 Å². The molecule has 4 nitrogen and oxygen atoms in total. The Labute approximate surface area is 172 Å². The summed E-state index contributed by atoms with van der Waals surface area (Å²) in [4.78, 5) is 15.9. The summed E-state index contributed by atoms with van der Waals surface area (Å²) in [6.07, 6.45) is -0.633. The highest BCUT2D eigenvalue weighted by atomic mass is 35.5. The summed E-state index contributed by atoms with van der Waals surface area (Å²) >= 11 is 5.85. The molecule has 0 unspecified atom stereocenters. The molecule has 3 rings (SSSR count). The van der Waals surface area contributed by atoms with E-state index in [1.165, 1.54) is 6.07 Å². The fourth-order valence-electron chi connectivity index (χ4n) is 3.54. The van der Waals surface area contributed by atoms with Gasteiger partial charge in [-0.05, 0) is 61.9 Å². The molecule has 1 amide bonds. The van der Waals surface area contributed by atoms with Gasteiger partial charge in [-0.25, -0.2) is 0 Å². The van der Waals surface area contributed by atoms with Crippen molar-refractivity contribution >= 4 is 23.2 Å². The molecule has 0 aliphatic heterocycles. The van der Waals surface area contributed by atoms with E-state index in [1.807, 2.05) is 6.92 Å². The van der Waals surface area contributed by atoms with Gasteiger partial charge in [0.2, 0.25) is 5.91 Å². The monoisotopic (exact) mass is 426 g/mol. The van der Waals surface area contributed by atoms with Crippen LogP contribution in [0, 0.1) is 11.8 Å². The number of rotatable bonds is 5. The molecule has 1 fully saturated rings. The van der Waals surface area contributed by atoms with Gasteiger partial charge in [-0.1, -0.05) is 18.5 Å². The van der Waals surface area contributed by atoms with Gasteiger partial charge >= 0.3 is 6.18 Å². The van der Waals surface area contributed by atoms with Gasteiger partial charge in [-0.15, -0.1) is 0 Å². The van der Waals surface area contributed by atoms with Crippen LogP contribution in [0.5, 0.6) is 5.75 Å². The number of pyridine rings is 1. The number of carbonyl (C=O) groups is 1. The van der Waals surface area contributed by atoms with Crippen LogP contribution >= 0.6 is 11.6 Å². The third kappa shape index (κ3) is 5.85. The number of carbonyl (C=O) groups excluding carboxylic acids is 1. The Kier molecular flexibility index (Phi) is 6.67. The van der Waals surface area contributed by atoms with Crippen molar-refractivity contribution in [3.63, 3.8) is 0 Å². The van der Waals surface area contributed by atoms with Crippen LogP contribution in [0.3, 0.4) is 0 Å². The Morgan fingerprint density at radius 2 is 1.83 bits per heavy atom. The highest BCUT2D eigenvalue weighted by Crippen LogP contribution is 2.34. The van der Waals surface area contributed by atoms with Crippen LogP contribution in [0.15, 0.2) is 42.6 Å². The number of nitrogens with one attached hydrogen (secondary N) is 1. The number of amides is 1. The number of alkyl halides is 3. The van der Waals surface area contributed by atoms with Gasteiger partial charge in [0, 0.05) is 28.9 Å². The summed E-state index contributed by atoms with van der Waals surface area (Å²) in [7, 11) is 0. The lowest BCUT2D eigenvalue weighted by Gasteiger charge is -2.32. The van der Waals surface area contributed by atoms with Gasteiger partial charge in [-0.2, -0.15) is 13.2 Å². The summed E-state index contributed by atoms with van der Waals surface area (Å²) in [5.74, 6) is 0.139. The van der Waals surface area contributed by atoms with E-state index in [9.17, 15) is 18.0 Å². The third-order valence-corrected chi connectivity index (χ3v) is 5.53. The second kappa shape index (κ2) is 9.03. The van der Waals surface area contributed by atoms with Crippen molar-refractivity contribution in [2.45, 2.75) is 44.9 Å². The topological polar surface area (TPSA) is 51.2 Å². The predicted molar refractivity (Wildman–Crippen MR) is 105 cm³/mol. The second-order valence-corrected chi connectivity index (χ2v) is 7.75. The van der Waals surface area contributed by atoms with E-state index in [0.29, 0.717) is 23.6 Å². The molecule has 156 valence electrons. The van der Waals surface area contributed by atoms with Crippen LogP contribution in [0.1, 0.15) is 38.3 Å². The number of benzene rings is 1. The fourth-order valence-corrected chi connectivity index (χ4v) is 3.67. The summed E-state index contributed by atoms with van der Waals surface area (Å²) in [6, 6.07) is 9.29. The molecule has 8 heteroatoms. The first-order valence-electron chi connectivity index (χ1n) is 9.48. The molecule has 29 heavy (non-hydrogen) atoms. The molecule has 1 aromatic carbocycles. The largest absolute Gasteiger partial charge is 0.490 e. The molecular weight excluding hydrogens is 405 g/mol. The molecule has 0 radical (unpaired) electrons. The Bertz CT molecular complexity index is 835. The highest BCUT2D eigenvalue weighted by Gasteiger charge is 2.33. The van der Waals surface area contributed by atoms with Crippen LogP contribution in [0.2, 0.25) is 5.02 Å². The van der Waals surface area contributed by atoms with Gasteiger partial charge in [0.1, 0.15) is 11.4 Å². The standard InChI is InChI=1S/C21H22ClF3N2O2/c1-13(20(28)27-16-6-4-15(22)5-7-16)14-2-8-17(9-3-14)29-18-10-11-26-19(12-18)21(23,24)25/h4-7,10-14,17H,2-3,8-9H2,1H3,(H,27,28)/t13-,14-,17-/m1/s1. The van der Waals surface area contributed by atoms with E-state index >= 15 is 0 Å². The maximum absolute atomic E-state index is 12.8. The zero-order valence-corrected chi connectivity index (χ0v) is 16.6. The zero-order chi connectivity index (χ0) is 21.0. The van der Waals surface area contributed by atoms with Crippen molar-refractivity contribution in [3.05, 3.63) is 53.3 Å². The Morgan fingerprint density at radius 1 is 1.17 bits per heavy atom. The normalized spacial score (nSPS) is 20.7. The first-order chi connectivity index (χ1) is 13.7. The van der Waals surface area contributed by atoms with Crippen LogP contribution in [-0.4, -0.2) is 17.0 Å². The van der Waals surface area contributed by atoms with Crippen molar-refractivity contribution in [2.75, 3.05) is 5.32 Å². The molecule has 1 heterocycles. The molecule has 1 N–H and O–H groups in total. The number of hydrogen-bond acceptors (Lipinski definition) is 3. The number of hydrogen-bond donors (Lipinski definition) is 1. The minimum Gasteiger partial charge on any atom is -0.490 e. The lowest BCUT2D eigenvalue weighted by Crippen LogP contribution is -2.32. The molecule has 2 aromatic rings. The molecule has 1 aromatic heterocycles. The molecule has 1 atom stereocenters. The highest BCUT2D eigenvalue weighted by molar-refractivity contribution is 6.30. The van der Waals surface area contributed by atoms with Gasteiger partial charge in [0.05, 0.1) is 6.10 Å². The third-order valence-electron chi connectivity index (χ3n) is 5.28. The minimum atomic E-state index is -4.50. The number of nitrogens with zero attached hydrogens (tertiary/aromatic N) is 1. The summed E-state index contributed by atoms with van der Waals surface area (Å²) in [6.45, 7) is 1.90. The molecule has 0 bridgehead atoms. The second-order valence-electron chi connectivity index (χ2n) is 7.31. The lowest BCUT2D eigenvalue weighted by atomic mass is 9.79. The van der Waals surface area contributed by atoms with Crippen LogP contribution in [0.25, 0.3) is 0 Å². The van der Waals surface area contributed by atoms with E-state index in [1.54, 1.807) is 24.3 Å². The van der Waals surface area contributed by atoms with E-state index < -0.39 is 11.9 Å². The maximum atomic E-state index is 12.8. The van der Waals surface area contributed by atoms with Crippen molar-refractivity contribution < 1.29 is 22.7 Å². The van der Waals surface area contributed by atoms with Gasteiger partial charge in [-0.3, -0.25) is 9.78 Å².